The fourth-order valence-electron chi connectivity index (χ4n) is 1.85. The van der Waals surface area contributed by atoms with E-state index in [2.05, 4.69) is 4.74 Å². The van der Waals surface area contributed by atoms with Crippen LogP contribution in [0, 0.1) is 11.6 Å². The van der Waals surface area contributed by atoms with Crippen LogP contribution >= 0.6 is 0 Å². The van der Waals surface area contributed by atoms with Crippen molar-refractivity contribution in [3.8, 4) is 5.75 Å². The van der Waals surface area contributed by atoms with E-state index in [1.165, 1.54) is 13.2 Å². The summed E-state index contributed by atoms with van der Waals surface area (Å²) in [5, 5.41) is 0. The van der Waals surface area contributed by atoms with Gasteiger partial charge in [0.05, 0.1) is 12.7 Å². The number of rotatable bonds is 5. The van der Waals surface area contributed by atoms with Crippen molar-refractivity contribution in [2.45, 2.75) is 0 Å². The topological polar surface area (TPSA) is 52.6 Å². The second kappa shape index (κ2) is 6.80. The molecule has 0 amide bonds. The number of para-hydroxylation sites is 1. The third-order valence-electron chi connectivity index (χ3n) is 2.91. The van der Waals surface area contributed by atoms with Crippen molar-refractivity contribution in [1.82, 2.24) is 0 Å². The molecule has 0 saturated heterocycles. The van der Waals surface area contributed by atoms with Crippen molar-refractivity contribution in [3.05, 3.63) is 65.2 Å². The molecule has 0 aliphatic carbocycles. The summed E-state index contributed by atoms with van der Waals surface area (Å²) in [6.07, 6.45) is 0. The Hall–Kier alpha value is -2.76. The van der Waals surface area contributed by atoms with Gasteiger partial charge in [-0.25, -0.2) is 13.6 Å². The van der Waals surface area contributed by atoms with E-state index >= 15 is 0 Å². The van der Waals surface area contributed by atoms with Crippen LogP contribution in [0.4, 0.5) is 8.78 Å². The summed E-state index contributed by atoms with van der Waals surface area (Å²) in [5.74, 6) is -3.55. The van der Waals surface area contributed by atoms with Gasteiger partial charge in [0.2, 0.25) is 5.78 Å². The first-order chi connectivity index (χ1) is 10.5. The molecule has 0 saturated carbocycles. The summed E-state index contributed by atoms with van der Waals surface area (Å²) in [5.41, 5.74) is -0.609. The minimum absolute atomic E-state index is 0.215. The Morgan fingerprint density at radius 2 is 1.64 bits per heavy atom. The lowest BCUT2D eigenvalue weighted by Gasteiger charge is -2.08. The summed E-state index contributed by atoms with van der Waals surface area (Å²) in [6.45, 7) is -0.646. The van der Waals surface area contributed by atoms with E-state index in [1.807, 2.05) is 0 Å². The lowest BCUT2D eigenvalue weighted by Crippen LogP contribution is -2.17. The van der Waals surface area contributed by atoms with E-state index in [9.17, 15) is 18.4 Å². The first-order valence-electron chi connectivity index (χ1n) is 6.32. The van der Waals surface area contributed by atoms with Crippen LogP contribution in [0.2, 0.25) is 0 Å². The average Bonchev–Trinajstić information content (AvgIpc) is 2.52. The second-order valence-electron chi connectivity index (χ2n) is 4.30. The lowest BCUT2D eigenvalue weighted by atomic mass is 10.1. The Kier molecular flexibility index (Phi) is 4.83. The molecule has 0 heterocycles. The molecule has 0 bridgehead atoms. The molecule has 2 rings (SSSR count). The second-order valence-corrected chi connectivity index (χ2v) is 4.30. The zero-order valence-electron chi connectivity index (χ0n) is 11.6. The zero-order valence-corrected chi connectivity index (χ0v) is 11.6. The first-order valence-corrected chi connectivity index (χ1v) is 6.32. The van der Waals surface area contributed by atoms with E-state index < -0.39 is 35.6 Å². The summed E-state index contributed by atoms with van der Waals surface area (Å²) < 4.78 is 36.5. The van der Waals surface area contributed by atoms with Gasteiger partial charge in [-0.3, -0.25) is 4.79 Å². The maximum Gasteiger partial charge on any atom is 0.344 e. The third kappa shape index (κ3) is 3.28. The minimum Gasteiger partial charge on any atom is -0.496 e. The van der Waals surface area contributed by atoms with Crippen LogP contribution in [0.15, 0.2) is 42.5 Å². The van der Waals surface area contributed by atoms with E-state index in [-0.39, 0.29) is 5.56 Å². The molecule has 0 atom stereocenters. The Balaban J connectivity index is 2.10. The molecule has 22 heavy (non-hydrogen) atoms. The normalized spacial score (nSPS) is 10.1. The van der Waals surface area contributed by atoms with Crippen LogP contribution in [-0.2, 0) is 4.74 Å². The number of halogens is 2. The Morgan fingerprint density at radius 1 is 1.00 bits per heavy atom. The SMILES string of the molecule is COc1ccccc1C(=O)COC(=O)c1c(F)cccc1F. The van der Waals surface area contributed by atoms with E-state index in [0.717, 1.165) is 18.2 Å². The third-order valence-corrected chi connectivity index (χ3v) is 2.91. The molecular formula is C16H12F2O4. The van der Waals surface area contributed by atoms with E-state index in [0.29, 0.717) is 5.75 Å². The molecule has 6 heteroatoms. The Bertz CT molecular complexity index is 693. The molecule has 0 aliphatic rings. The number of methoxy groups -OCH3 is 1. The van der Waals surface area contributed by atoms with Crippen molar-refractivity contribution in [3.63, 3.8) is 0 Å². The summed E-state index contributed by atoms with van der Waals surface area (Å²) in [7, 11) is 1.40. The standard InChI is InChI=1S/C16H12F2O4/c1-21-14-8-3-2-5-10(14)13(19)9-22-16(20)15-11(17)6-4-7-12(15)18/h2-8H,9H2,1H3. The number of ether oxygens (including phenoxy) is 2. The van der Waals surface area contributed by atoms with Crippen molar-refractivity contribution in [2.75, 3.05) is 13.7 Å². The Labute approximate surface area is 125 Å². The van der Waals surface area contributed by atoms with Gasteiger partial charge in [-0.2, -0.15) is 0 Å². The maximum absolute atomic E-state index is 13.4. The molecule has 0 aliphatic heterocycles. The van der Waals surface area contributed by atoms with Crippen molar-refractivity contribution >= 4 is 11.8 Å². The van der Waals surface area contributed by atoms with Crippen molar-refractivity contribution in [1.29, 1.82) is 0 Å². The molecule has 0 fully saturated rings. The summed E-state index contributed by atoms with van der Waals surface area (Å²) >= 11 is 0. The monoisotopic (exact) mass is 306 g/mol. The number of hydrogen-bond acceptors (Lipinski definition) is 4. The number of hydrogen-bond donors (Lipinski definition) is 0. The molecule has 0 N–H and O–H groups in total. The van der Waals surface area contributed by atoms with Crippen LogP contribution in [0.3, 0.4) is 0 Å². The average molecular weight is 306 g/mol. The molecule has 4 nitrogen and oxygen atoms in total. The number of ketones is 1. The molecule has 114 valence electrons. The highest BCUT2D eigenvalue weighted by Gasteiger charge is 2.20. The number of Topliss-reactive ketones (excluding diaryl/α,β-unsaturated/α-hetero) is 1. The molecule has 0 unspecified atom stereocenters. The number of benzene rings is 2. The van der Waals surface area contributed by atoms with Crippen LogP contribution in [0.5, 0.6) is 5.75 Å². The number of carbonyl (C=O) groups is 2. The molecule has 0 spiro atoms. The molecule has 0 aromatic heterocycles. The fraction of sp³-hybridized carbons (Fsp3) is 0.125. The lowest BCUT2D eigenvalue weighted by molar-refractivity contribution is 0.0464. The minimum atomic E-state index is -1.24. The smallest absolute Gasteiger partial charge is 0.344 e. The molecule has 0 radical (unpaired) electrons. The van der Waals surface area contributed by atoms with Crippen LogP contribution in [0.25, 0.3) is 0 Å². The van der Waals surface area contributed by atoms with Gasteiger partial charge in [0, 0.05) is 0 Å². The molecule has 2 aromatic carbocycles. The van der Waals surface area contributed by atoms with Gasteiger partial charge >= 0.3 is 5.97 Å². The molecule has 2 aromatic rings. The summed E-state index contributed by atoms with van der Waals surface area (Å²) in [6, 6.07) is 9.36. The Morgan fingerprint density at radius 3 is 2.27 bits per heavy atom. The van der Waals surface area contributed by atoms with E-state index in [4.69, 9.17) is 4.74 Å². The van der Waals surface area contributed by atoms with Gasteiger partial charge in [-0.1, -0.05) is 18.2 Å². The highest BCUT2D eigenvalue weighted by Crippen LogP contribution is 2.18. The van der Waals surface area contributed by atoms with Gasteiger partial charge in [0.25, 0.3) is 0 Å². The van der Waals surface area contributed by atoms with Crippen molar-refractivity contribution in [2.24, 2.45) is 0 Å². The summed E-state index contributed by atoms with van der Waals surface area (Å²) in [4.78, 5) is 23.7. The van der Waals surface area contributed by atoms with Gasteiger partial charge < -0.3 is 9.47 Å². The zero-order chi connectivity index (χ0) is 16.1. The maximum atomic E-state index is 13.4. The van der Waals surface area contributed by atoms with Gasteiger partial charge in [0.15, 0.2) is 6.61 Å². The first kappa shape index (κ1) is 15.6. The van der Waals surface area contributed by atoms with Crippen LogP contribution in [0.1, 0.15) is 20.7 Å². The largest absolute Gasteiger partial charge is 0.496 e. The van der Waals surface area contributed by atoms with E-state index in [1.54, 1.807) is 18.2 Å². The highest BCUT2D eigenvalue weighted by atomic mass is 19.1. The van der Waals surface area contributed by atoms with Gasteiger partial charge in [0.1, 0.15) is 22.9 Å². The van der Waals surface area contributed by atoms with Gasteiger partial charge in [-0.05, 0) is 24.3 Å². The highest BCUT2D eigenvalue weighted by molar-refractivity contribution is 6.01. The fourth-order valence-corrected chi connectivity index (χ4v) is 1.85. The quantitative estimate of drug-likeness (QED) is 0.629. The van der Waals surface area contributed by atoms with Crippen LogP contribution in [-0.4, -0.2) is 25.5 Å². The predicted octanol–water partition coefficient (Wildman–Crippen LogP) is 3.01. The predicted molar refractivity (Wildman–Crippen MR) is 74.0 cm³/mol. The van der Waals surface area contributed by atoms with Gasteiger partial charge in [-0.15, -0.1) is 0 Å². The molecular weight excluding hydrogens is 294 g/mol. The van der Waals surface area contributed by atoms with Crippen molar-refractivity contribution < 1.29 is 27.8 Å². The van der Waals surface area contributed by atoms with Crippen LogP contribution < -0.4 is 4.74 Å². The number of carbonyl (C=O) groups excluding carboxylic acids is 2. The number of esters is 1.